The van der Waals surface area contributed by atoms with Crippen molar-refractivity contribution >= 4 is 17.7 Å². The molecule has 4 heteroatoms. The van der Waals surface area contributed by atoms with Crippen molar-refractivity contribution in [1.82, 2.24) is 10.2 Å². The van der Waals surface area contributed by atoms with Crippen LogP contribution in [0, 0.1) is 0 Å². The highest BCUT2D eigenvalue weighted by atomic mass is 32.2. The fraction of sp³-hybridized carbons (Fsp3) is 0.588. The van der Waals surface area contributed by atoms with E-state index < -0.39 is 0 Å². The van der Waals surface area contributed by atoms with E-state index in [1.807, 2.05) is 23.6 Å². The number of carbonyl (C=O) groups excluding carboxylic acids is 1. The molecular formula is C17H24N2OS. The molecule has 2 heterocycles. The number of hydrogen-bond donors (Lipinski definition) is 1. The predicted molar refractivity (Wildman–Crippen MR) is 87.6 cm³/mol. The normalized spacial score (nSPS) is 25.5. The Labute approximate surface area is 131 Å². The van der Waals surface area contributed by atoms with Crippen LogP contribution in [0.5, 0.6) is 0 Å². The maximum atomic E-state index is 11.8. The molecule has 1 aromatic rings. The van der Waals surface area contributed by atoms with Crippen LogP contribution in [-0.4, -0.2) is 35.7 Å². The van der Waals surface area contributed by atoms with Gasteiger partial charge >= 0.3 is 0 Å². The third kappa shape index (κ3) is 3.43. The number of hydrogen-bond acceptors (Lipinski definition) is 3. The standard InChI is InChI=1S/C17H24N2OS/c1-2-17(20)19-10-9-13(12-19)18-15-7-5-11-21-16-8-4-3-6-14(15)16/h3-4,6,8,13,15,18H,2,5,7,9-12H2,1H3/t13-,15+/m1/s1. The Morgan fingerprint density at radius 1 is 1.38 bits per heavy atom. The number of nitrogens with one attached hydrogen (secondary N) is 1. The second kappa shape index (κ2) is 6.84. The van der Waals surface area contributed by atoms with E-state index in [1.54, 1.807) is 0 Å². The topological polar surface area (TPSA) is 32.3 Å². The summed E-state index contributed by atoms with van der Waals surface area (Å²) in [5, 5.41) is 3.82. The van der Waals surface area contributed by atoms with Crippen molar-refractivity contribution < 1.29 is 4.79 Å². The van der Waals surface area contributed by atoms with Gasteiger partial charge in [0.2, 0.25) is 5.91 Å². The van der Waals surface area contributed by atoms with Gasteiger partial charge in [-0.1, -0.05) is 25.1 Å². The van der Waals surface area contributed by atoms with Gasteiger partial charge in [0.15, 0.2) is 0 Å². The Balaban J connectivity index is 1.67. The van der Waals surface area contributed by atoms with Crippen molar-refractivity contribution in [2.24, 2.45) is 0 Å². The molecule has 1 aromatic carbocycles. The highest BCUT2D eigenvalue weighted by Crippen LogP contribution is 2.35. The van der Waals surface area contributed by atoms with Crippen LogP contribution in [-0.2, 0) is 4.79 Å². The Morgan fingerprint density at radius 2 is 2.24 bits per heavy atom. The van der Waals surface area contributed by atoms with E-state index in [0.717, 1.165) is 19.5 Å². The lowest BCUT2D eigenvalue weighted by Gasteiger charge is -2.23. The molecule has 0 unspecified atom stereocenters. The quantitative estimate of drug-likeness (QED) is 0.930. The molecule has 1 amide bonds. The molecule has 2 aliphatic rings. The fourth-order valence-electron chi connectivity index (χ4n) is 3.33. The summed E-state index contributed by atoms with van der Waals surface area (Å²) in [7, 11) is 0. The lowest BCUT2D eigenvalue weighted by atomic mass is 10.0. The summed E-state index contributed by atoms with van der Waals surface area (Å²) in [6, 6.07) is 9.66. The molecule has 1 N–H and O–H groups in total. The summed E-state index contributed by atoms with van der Waals surface area (Å²) in [5.74, 6) is 1.50. The van der Waals surface area contributed by atoms with Crippen LogP contribution in [0.3, 0.4) is 0 Å². The summed E-state index contributed by atoms with van der Waals surface area (Å²) in [5.41, 5.74) is 1.44. The molecule has 1 fully saturated rings. The maximum Gasteiger partial charge on any atom is 0.222 e. The van der Waals surface area contributed by atoms with Gasteiger partial charge in [-0.3, -0.25) is 4.79 Å². The zero-order valence-electron chi connectivity index (χ0n) is 12.7. The van der Waals surface area contributed by atoms with Gasteiger partial charge in [-0.15, -0.1) is 11.8 Å². The molecule has 0 bridgehead atoms. The largest absolute Gasteiger partial charge is 0.341 e. The van der Waals surface area contributed by atoms with Crippen molar-refractivity contribution in [1.29, 1.82) is 0 Å². The molecule has 3 nitrogen and oxygen atoms in total. The lowest BCUT2D eigenvalue weighted by molar-refractivity contribution is -0.129. The van der Waals surface area contributed by atoms with Gasteiger partial charge in [0.05, 0.1) is 0 Å². The van der Waals surface area contributed by atoms with Crippen molar-refractivity contribution in [2.75, 3.05) is 18.8 Å². The first-order valence-electron chi connectivity index (χ1n) is 8.03. The SMILES string of the molecule is CCC(=O)N1CC[C@@H](N[C@H]2CCCSc3ccccc32)C1. The molecule has 21 heavy (non-hydrogen) atoms. The minimum atomic E-state index is 0.288. The second-order valence-electron chi connectivity index (χ2n) is 5.93. The van der Waals surface area contributed by atoms with E-state index in [1.165, 1.54) is 29.1 Å². The Hall–Kier alpha value is -1.00. The third-order valence-electron chi connectivity index (χ3n) is 4.47. The van der Waals surface area contributed by atoms with Gasteiger partial charge in [-0.05, 0) is 36.6 Å². The average Bonchev–Trinajstić information content (AvgIpc) is 2.89. The van der Waals surface area contributed by atoms with Crippen LogP contribution in [0.4, 0.5) is 0 Å². The van der Waals surface area contributed by atoms with Crippen LogP contribution in [0.25, 0.3) is 0 Å². The minimum absolute atomic E-state index is 0.288. The Bertz CT molecular complexity index is 505. The number of amides is 1. The molecule has 0 aromatic heterocycles. The smallest absolute Gasteiger partial charge is 0.222 e. The van der Waals surface area contributed by atoms with E-state index in [2.05, 4.69) is 29.6 Å². The molecule has 0 aliphatic carbocycles. The van der Waals surface area contributed by atoms with Gasteiger partial charge in [0.25, 0.3) is 0 Å². The summed E-state index contributed by atoms with van der Waals surface area (Å²) < 4.78 is 0. The second-order valence-corrected chi connectivity index (χ2v) is 7.06. The van der Waals surface area contributed by atoms with E-state index >= 15 is 0 Å². The maximum absolute atomic E-state index is 11.8. The van der Waals surface area contributed by atoms with Crippen LogP contribution in [0.2, 0.25) is 0 Å². The average molecular weight is 304 g/mol. The number of fused-ring (bicyclic) bond motifs is 1. The number of likely N-dealkylation sites (tertiary alicyclic amines) is 1. The number of benzene rings is 1. The molecule has 0 radical (unpaired) electrons. The summed E-state index contributed by atoms with van der Waals surface area (Å²) in [6.07, 6.45) is 4.15. The summed E-state index contributed by atoms with van der Waals surface area (Å²) in [4.78, 5) is 15.2. The fourth-order valence-corrected chi connectivity index (χ4v) is 4.41. The molecule has 0 spiro atoms. The van der Waals surface area contributed by atoms with E-state index in [9.17, 15) is 4.79 Å². The number of rotatable bonds is 3. The number of nitrogens with zero attached hydrogens (tertiary/aromatic N) is 1. The van der Waals surface area contributed by atoms with Gasteiger partial charge < -0.3 is 10.2 Å². The van der Waals surface area contributed by atoms with Crippen molar-refractivity contribution in [3.05, 3.63) is 29.8 Å². The van der Waals surface area contributed by atoms with Crippen LogP contribution in [0.1, 0.15) is 44.2 Å². The molecule has 3 rings (SSSR count). The molecule has 0 saturated carbocycles. The van der Waals surface area contributed by atoms with Crippen LogP contribution >= 0.6 is 11.8 Å². The first-order valence-corrected chi connectivity index (χ1v) is 9.02. The minimum Gasteiger partial charge on any atom is -0.341 e. The van der Waals surface area contributed by atoms with Gasteiger partial charge in [-0.25, -0.2) is 0 Å². The van der Waals surface area contributed by atoms with E-state index in [-0.39, 0.29) is 5.91 Å². The summed E-state index contributed by atoms with van der Waals surface area (Å²) in [6.45, 7) is 3.73. The number of thioether (sulfide) groups is 1. The third-order valence-corrected chi connectivity index (χ3v) is 5.65. The van der Waals surface area contributed by atoms with Gasteiger partial charge in [-0.2, -0.15) is 0 Å². The highest BCUT2D eigenvalue weighted by molar-refractivity contribution is 7.99. The lowest BCUT2D eigenvalue weighted by Crippen LogP contribution is -2.37. The first-order chi connectivity index (χ1) is 10.3. The molecular weight excluding hydrogens is 280 g/mol. The van der Waals surface area contributed by atoms with Crippen LogP contribution in [0.15, 0.2) is 29.2 Å². The summed E-state index contributed by atoms with van der Waals surface area (Å²) >= 11 is 1.98. The van der Waals surface area contributed by atoms with Gasteiger partial charge in [0, 0.05) is 36.5 Å². The van der Waals surface area contributed by atoms with Crippen molar-refractivity contribution in [3.8, 4) is 0 Å². The zero-order valence-corrected chi connectivity index (χ0v) is 13.5. The predicted octanol–water partition coefficient (Wildman–Crippen LogP) is 3.21. The van der Waals surface area contributed by atoms with Gasteiger partial charge in [0.1, 0.15) is 0 Å². The first kappa shape index (κ1) is 14.9. The van der Waals surface area contributed by atoms with Crippen LogP contribution < -0.4 is 5.32 Å². The molecule has 114 valence electrons. The monoisotopic (exact) mass is 304 g/mol. The molecule has 2 atom stereocenters. The van der Waals surface area contributed by atoms with E-state index in [4.69, 9.17) is 0 Å². The van der Waals surface area contributed by atoms with E-state index in [0.29, 0.717) is 18.5 Å². The Kier molecular flexibility index (Phi) is 4.86. The Morgan fingerprint density at radius 3 is 3.10 bits per heavy atom. The highest BCUT2D eigenvalue weighted by Gasteiger charge is 2.28. The molecule has 2 aliphatic heterocycles. The van der Waals surface area contributed by atoms with Crippen molar-refractivity contribution in [2.45, 2.75) is 49.6 Å². The molecule has 1 saturated heterocycles. The zero-order chi connectivity index (χ0) is 14.7. The van der Waals surface area contributed by atoms with Crippen molar-refractivity contribution in [3.63, 3.8) is 0 Å². The number of carbonyl (C=O) groups is 1.